The van der Waals surface area contributed by atoms with E-state index in [2.05, 4.69) is 109 Å². The van der Waals surface area contributed by atoms with Gasteiger partial charge in [0.25, 0.3) is 0 Å². The van der Waals surface area contributed by atoms with Crippen LogP contribution in [0, 0.1) is 6.92 Å². The Morgan fingerprint density at radius 3 is 2.34 bits per heavy atom. The van der Waals surface area contributed by atoms with Crippen LogP contribution in [-0.2, 0) is 0 Å². The minimum absolute atomic E-state index is 0.192. The molecule has 0 unspecified atom stereocenters. The van der Waals surface area contributed by atoms with Crippen molar-refractivity contribution in [2.24, 2.45) is 0 Å². The number of hydrogen-bond donors (Lipinski definition) is 0. The molecule has 0 fully saturated rings. The fourth-order valence-corrected chi connectivity index (χ4v) is 4.47. The lowest BCUT2D eigenvalue weighted by molar-refractivity contribution is 0.383. The Bertz CT molecular complexity index is 1120. The van der Waals surface area contributed by atoms with Gasteiger partial charge in [-0.1, -0.05) is 24.3 Å². The number of rotatable bonds is 2. The zero-order chi connectivity index (χ0) is 20.3. The highest BCUT2D eigenvalue weighted by atomic mass is 15.4. The summed E-state index contributed by atoms with van der Waals surface area (Å²) in [6.07, 6.45) is 4.80. The Morgan fingerprint density at radius 2 is 1.59 bits per heavy atom. The number of aromatic nitrogens is 1. The van der Waals surface area contributed by atoms with Crippen LogP contribution in [0.5, 0.6) is 0 Å². The molecular formula is C24H27N5. The number of hydrogen-bond acceptors (Lipinski definition) is 5. The van der Waals surface area contributed by atoms with Crippen molar-refractivity contribution in [3.8, 4) is 0 Å². The van der Waals surface area contributed by atoms with Gasteiger partial charge in [0.2, 0.25) is 0 Å². The summed E-state index contributed by atoms with van der Waals surface area (Å²) in [5.74, 6) is 1.04. The monoisotopic (exact) mass is 385 g/mol. The lowest BCUT2D eigenvalue weighted by Gasteiger charge is -2.32. The maximum absolute atomic E-state index is 4.97. The predicted molar refractivity (Wildman–Crippen MR) is 122 cm³/mol. The van der Waals surface area contributed by atoms with E-state index in [1.54, 1.807) is 0 Å². The minimum atomic E-state index is 0.192. The van der Waals surface area contributed by atoms with Gasteiger partial charge in [0.1, 0.15) is 12.3 Å². The molecule has 0 bridgehead atoms. The molecule has 5 nitrogen and oxygen atoms in total. The Labute approximate surface area is 172 Å². The summed E-state index contributed by atoms with van der Waals surface area (Å²) in [6, 6.07) is 17.2. The Hall–Kier alpha value is -3.21. The summed E-state index contributed by atoms with van der Waals surface area (Å²) in [7, 11) is 4.25. The van der Waals surface area contributed by atoms with Crippen molar-refractivity contribution in [1.82, 2.24) is 9.88 Å². The van der Waals surface area contributed by atoms with Crippen LogP contribution in [0.2, 0.25) is 0 Å². The Morgan fingerprint density at radius 1 is 0.828 bits per heavy atom. The Balaban J connectivity index is 1.65. The number of para-hydroxylation sites is 1. The van der Waals surface area contributed by atoms with Gasteiger partial charge in [-0.2, -0.15) is 0 Å². The predicted octanol–water partition coefficient (Wildman–Crippen LogP) is 5.05. The van der Waals surface area contributed by atoms with Crippen LogP contribution in [0.1, 0.15) is 19.4 Å². The van der Waals surface area contributed by atoms with E-state index in [1.807, 2.05) is 6.07 Å². The van der Waals surface area contributed by atoms with Gasteiger partial charge in [-0.15, -0.1) is 0 Å². The first kappa shape index (κ1) is 17.9. The second kappa shape index (κ2) is 6.41. The molecule has 0 radical (unpaired) electrons. The number of fused-ring (bicyclic) bond motifs is 2. The SMILES string of the molecule is Cc1c(N2C=CN(C)[C@H]2C)cccc1N1c2cc3ccccc3nc2N(C)[C@@H]1C. The molecule has 0 amide bonds. The molecule has 3 heterocycles. The number of pyridine rings is 1. The quantitative estimate of drug-likeness (QED) is 0.615. The largest absolute Gasteiger partial charge is 0.359 e. The molecule has 0 spiro atoms. The van der Waals surface area contributed by atoms with E-state index in [9.17, 15) is 0 Å². The molecule has 5 rings (SSSR count). The van der Waals surface area contributed by atoms with E-state index >= 15 is 0 Å². The summed E-state index contributed by atoms with van der Waals surface area (Å²) in [5, 5.41) is 1.17. The van der Waals surface area contributed by atoms with Crippen LogP contribution in [0.3, 0.4) is 0 Å². The van der Waals surface area contributed by atoms with E-state index in [0.29, 0.717) is 6.17 Å². The smallest absolute Gasteiger partial charge is 0.154 e. The first-order valence-electron chi connectivity index (χ1n) is 10.2. The molecule has 2 aliphatic rings. The molecule has 0 saturated heterocycles. The van der Waals surface area contributed by atoms with E-state index in [1.165, 1.54) is 28.0 Å². The third-order valence-corrected chi connectivity index (χ3v) is 6.48. The van der Waals surface area contributed by atoms with Crippen molar-refractivity contribution in [2.75, 3.05) is 28.8 Å². The molecule has 2 aromatic carbocycles. The van der Waals surface area contributed by atoms with Gasteiger partial charge in [0.05, 0.1) is 11.2 Å². The van der Waals surface area contributed by atoms with Gasteiger partial charge in [-0.3, -0.25) is 0 Å². The third-order valence-electron chi connectivity index (χ3n) is 6.48. The van der Waals surface area contributed by atoms with E-state index < -0.39 is 0 Å². The molecule has 29 heavy (non-hydrogen) atoms. The van der Waals surface area contributed by atoms with Crippen molar-refractivity contribution in [1.29, 1.82) is 0 Å². The number of anilines is 4. The molecule has 1 aromatic heterocycles. The zero-order valence-corrected chi connectivity index (χ0v) is 17.7. The normalized spacial score (nSPS) is 20.9. The summed E-state index contributed by atoms with van der Waals surface area (Å²) in [5.41, 5.74) is 5.96. The van der Waals surface area contributed by atoms with Crippen molar-refractivity contribution < 1.29 is 0 Å². The van der Waals surface area contributed by atoms with Gasteiger partial charge in [-0.05, 0) is 50.6 Å². The molecule has 3 aromatic rings. The summed E-state index contributed by atoms with van der Waals surface area (Å²) in [4.78, 5) is 14.2. The lowest BCUT2D eigenvalue weighted by atomic mass is 10.1. The maximum Gasteiger partial charge on any atom is 0.154 e. The fourth-order valence-electron chi connectivity index (χ4n) is 4.47. The van der Waals surface area contributed by atoms with Gasteiger partial charge < -0.3 is 19.6 Å². The second-order valence-electron chi connectivity index (χ2n) is 8.06. The molecule has 2 aliphatic heterocycles. The highest BCUT2D eigenvalue weighted by molar-refractivity contribution is 5.92. The Kier molecular flexibility index (Phi) is 3.95. The van der Waals surface area contributed by atoms with E-state index in [0.717, 1.165) is 11.3 Å². The summed E-state index contributed by atoms with van der Waals surface area (Å²) >= 11 is 0. The highest BCUT2D eigenvalue weighted by Crippen LogP contribution is 2.46. The van der Waals surface area contributed by atoms with Crippen molar-refractivity contribution in [2.45, 2.75) is 33.1 Å². The maximum atomic E-state index is 4.97. The van der Waals surface area contributed by atoms with Gasteiger partial charge >= 0.3 is 0 Å². The van der Waals surface area contributed by atoms with Crippen LogP contribution in [0.25, 0.3) is 10.9 Å². The average Bonchev–Trinajstić information content (AvgIpc) is 3.18. The third kappa shape index (κ3) is 2.57. The fraction of sp³-hybridized carbons (Fsp3) is 0.292. The van der Waals surface area contributed by atoms with E-state index in [4.69, 9.17) is 4.98 Å². The van der Waals surface area contributed by atoms with Gasteiger partial charge in [-0.25, -0.2) is 4.98 Å². The average molecular weight is 386 g/mol. The minimum Gasteiger partial charge on any atom is -0.359 e. The van der Waals surface area contributed by atoms with Crippen molar-refractivity contribution >= 4 is 33.8 Å². The molecule has 0 saturated carbocycles. The molecular weight excluding hydrogens is 358 g/mol. The van der Waals surface area contributed by atoms with Crippen LogP contribution in [0.15, 0.2) is 60.9 Å². The molecule has 0 aliphatic carbocycles. The molecule has 5 heteroatoms. The molecule has 148 valence electrons. The molecule has 0 N–H and O–H groups in total. The van der Waals surface area contributed by atoms with Crippen molar-refractivity contribution in [3.05, 3.63) is 66.5 Å². The second-order valence-corrected chi connectivity index (χ2v) is 8.06. The van der Waals surface area contributed by atoms with Crippen LogP contribution < -0.4 is 14.7 Å². The van der Waals surface area contributed by atoms with Crippen LogP contribution >= 0.6 is 0 Å². The van der Waals surface area contributed by atoms with Gasteiger partial charge in [0.15, 0.2) is 5.82 Å². The zero-order valence-electron chi connectivity index (χ0n) is 17.7. The van der Waals surface area contributed by atoms with Gasteiger partial charge in [0, 0.05) is 43.3 Å². The summed E-state index contributed by atoms with van der Waals surface area (Å²) in [6.45, 7) is 6.69. The molecule has 2 atom stereocenters. The van der Waals surface area contributed by atoms with E-state index in [-0.39, 0.29) is 6.17 Å². The summed E-state index contributed by atoms with van der Waals surface area (Å²) < 4.78 is 0. The highest BCUT2D eigenvalue weighted by Gasteiger charge is 2.34. The number of benzene rings is 2. The van der Waals surface area contributed by atoms with Crippen LogP contribution in [-0.4, -0.2) is 36.3 Å². The topological polar surface area (TPSA) is 25.9 Å². The van der Waals surface area contributed by atoms with Crippen molar-refractivity contribution in [3.63, 3.8) is 0 Å². The lowest BCUT2D eigenvalue weighted by Crippen LogP contribution is -2.37. The first-order chi connectivity index (χ1) is 14.0. The number of nitrogens with zero attached hydrogens (tertiary/aromatic N) is 5. The van der Waals surface area contributed by atoms with Crippen LogP contribution in [0.4, 0.5) is 22.9 Å². The first-order valence-corrected chi connectivity index (χ1v) is 10.2. The standard InChI is InChI=1S/C24H27N5/c1-16-21(28-14-13-26(4)17(28)2)11-8-12-22(16)29-18(3)27(5)24-23(29)15-19-9-6-7-10-20(19)25-24/h6-15,17-18H,1-5H3/t17-,18+/m1/s1.